The lowest BCUT2D eigenvalue weighted by atomic mass is 10.2. The third kappa shape index (κ3) is 4.56. The predicted octanol–water partition coefficient (Wildman–Crippen LogP) is 4.49. The Morgan fingerprint density at radius 3 is 2.00 bits per heavy atom. The fourth-order valence-electron chi connectivity index (χ4n) is 2.15. The second-order valence-corrected chi connectivity index (χ2v) is 9.65. The first kappa shape index (κ1) is 16.1. The second kappa shape index (κ2) is 7.46. The van der Waals surface area contributed by atoms with Gasteiger partial charge < -0.3 is 8.85 Å². The summed E-state index contributed by atoms with van der Waals surface area (Å²) in [5.74, 6) is 0. The van der Waals surface area contributed by atoms with Crippen molar-refractivity contribution in [2.45, 2.75) is 71.4 Å². The Bertz CT molecular complexity index is 177. The van der Waals surface area contributed by atoms with Crippen LogP contribution in [0.3, 0.4) is 0 Å². The number of unbranched alkanes of at least 4 members (excludes halogenated alkanes) is 3. The Labute approximate surface area is 103 Å². The topological polar surface area (TPSA) is 18.5 Å². The monoisotopic (exact) mass is 246 g/mol. The average Bonchev–Trinajstić information content (AvgIpc) is 2.21. The molecule has 0 saturated carbocycles. The zero-order valence-corrected chi connectivity index (χ0v) is 13.1. The average molecular weight is 246 g/mol. The van der Waals surface area contributed by atoms with Gasteiger partial charge in [0, 0.05) is 18.8 Å². The Hall–Kier alpha value is 0.137. The van der Waals surface area contributed by atoms with Crippen molar-refractivity contribution in [2.24, 2.45) is 0 Å². The van der Waals surface area contributed by atoms with E-state index >= 15 is 0 Å². The first-order valence-corrected chi connectivity index (χ1v) is 8.65. The Morgan fingerprint density at radius 2 is 1.62 bits per heavy atom. The lowest BCUT2D eigenvalue weighted by Crippen LogP contribution is -2.49. The minimum absolute atomic E-state index is 0.157. The van der Waals surface area contributed by atoms with Crippen LogP contribution >= 0.6 is 0 Å². The summed E-state index contributed by atoms with van der Waals surface area (Å²) in [5.41, 5.74) is 0. The molecule has 0 aromatic carbocycles. The van der Waals surface area contributed by atoms with Gasteiger partial charge in [0.25, 0.3) is 0 Å². The number of hydrogen-bond donors (Lipinski definition) is 0. The lowest BCUT2D eigenvalue weighted by Gasteiger charge is -2.39. The van der Waals surface area contributed by atoms with Crippen molar-refractivity contribution in [3.63, 3.8) is 0 Å². The molecule has 0 aromatic heterocycles. The van der Waals surface area contributed by atoms with E-state index in [0.717, 1.165) is 12.7 Å². The van der Waals surface area contributed by atoms with Gasteiger partial charge >= 0.3 is 8.56 Å². The Balaban J connectivity index is 4.40. The van der Waals surface area contributed by atoms with Crippen molar-refractivity contribution < 1.29 is 8.85 Å². The van der Waals surface area contributed by atoms with E-state index in [0.29, 0.717) is 0 Å². The molecule has 0 N–H and O–H groups in total. The van der Waals surface area contributed by atoms with Crippen molar-refractivity contribution in [2.75, 3.05) is 13.7 Å². The van der Waals surface area contributed by atoms with Crippen molar-refractivity contribution >= 4 is 8.56 Å². The van der Waals surface area contributed by atoms with Crippen molar-refractivity contribution in [3.8, 4) is 0 Å². The van der Waals surface area contributed by atoms with Gasteiger partial charge in [-0.25, -0.2) is 0 Å². The Kier molecular flexibility index (Phi) is 7.52. The molecule has 0 fully saturated rings. The normalized spacial score (nSPS) is 16.1. The van der Waals surface area contributed by atoms with E-state index in [1.807, 2.05) is 7.11 Å². The minimum atomic E-state index is -2.02. The van der Waals surface area contributed by atoms with Crippen molar-refractivity contribution in [1.82, 2.24) is 0 Å². The third-order valence-electron chi connectivity index (χ3n) is 3.21. The van der Waals surface area contributed by atoms with Gasteiger partial charge in [0.15, 0.2) is 0 Å². The molecule has 3 heteroatoms. The molecule has 2 nitrogen and oxygen atoms in total. The van der Waals surface area contributed by atoms with Crippen LogP contribution in [0.2, 0.25) is 11.1 Å². The molecule has 0 aliphatic carbocycles. The fraction of sp³-hybridized carbons (Fsp3) is 1.00. The highest BCUT2D eigenvalue weighted by atomic mass is 28.4. The van der Waals surface area contributed by atoms with Gasteiger partial charge in [0.1, 0.15) is 0 Å². The lowest BCUT2D eigenvalue weighted by molar-refractivity contribution is 0.183. The fourth-order valence-corrected chi connectivity index (χ4v) is 5.59. The summed E-state index contributed by atoms with van der Waals surface area (Å²) in [7, 11) is -0.195. The number of hydrogen-bond acceptors (Lipinski definition) is 2. The van der Waals surface area contributed by atoms with Gasteiger partial charge in [-0.2, -0.15) is 0 Å². The van der Waals surface area contributed by atoms with Gasteiger partial charge in [-0.15, -0.1) is 0 Å². The van der Waals surface area contributed by atoms with Crippen LogP contribution in [0.1, 0.15) is 60.3 Å². The highest BCUT2D eigenvalue weighted by Crippen LogP contribution is 2.41. The van der Waals surface area contributed by atoms with Crippen LogP contribution in [0.15, 0.2) is 0 Å². The van der Waals surface area contributed by atoms with Crippen LogP contribution in [-0.2, 0) is 8.85 Å². The van der Waals surface area contributed by atoms with Crippen molar-refractivity contribution in [3.05, 3.63) is 0 Å². The SMILES string of the molecule is CCCCCC[Si](OC)(OCC)C(C)(C)C. The van der Waals surface area contributed by atoms with E-state index in [4.69, 9.17) is 8.85 Å². The molecule has 0 aliphatic heterocycles. The first-order chi connectivity index (χ1) is 7.43. The van der Waals surface area contributed by atoms with Crippen LogP contribution < -0.4 is 0 Å². The van der Waals surface area contributed by atoms with E-state index in [1.54, 1.807) is 0 Å². The molecule has 98 valence electrons. The van der Waals surface area contributed by atoms with Crippen LogP contribution in [0.4, 0.5) is 0 Å². The maximum Gasteiger partial charge on any atom is 0.343 e. The molecule has 0 rings (SSSR count). The molecule has 1 atom stereocenters. The maximum absolute atomic E-state index is 6.04. The zero-order chi connectivity index (χ0) is 12.7. The summed E-state index contributed by atoms with van der Waals surface area (Å²) in [6, 6.07) is 1.13. The predicted molar refractivity (Wildman–Crippen MR) is 73.1 cm³/mol. The summed E-state index contributed by atoms with van der Waals surface area (Å²) < 4.78 is 11.9. The van der Waals surface area contributed by atoms with Gasteiger partial charge in [0.05, 0.1) is 0 Å². The standard InChI is InChI=1S/C13H30O2Si/c1-7-9-10-11-12-16(14-6,15-8-2)13(3,4)5/h7-12H2,1-6H3. The molecule has 0 radical (unpaired) electrons. The molecule has 0 spiro atoms. The van der Waals surface area contributed by atoms with E-state index < -0.39 is 8.56 Å². The van der Waals surface area contributed by atoms with Crippen LogP contribution in [0, 0.1) is 0 Å². The molecule has 0 amide bonds. The number of rotatable bonds is 8. The molecule has 16 heavy (non-hydrogen) atoms. The Morgan fingerprint density at radius 1 is 1.00 bits per heavy atom. The highest BCUT2D eigenvalue weighted by molar-refractivity contribution is 6.70. The third-order valence-corrected chi connectivity index (χ3v) is 7.92. The smallest absolute Gasteiger partial charge is 0.343 e. The first-order valence-electron chi connectivity index (χ1n) is 6.62. The van der Waals surface area contributed by atoms with E-state index in [1.165, 1.54) is 25.7 Å². The molecular weight excluding hydrogens is 216 g/mol. The summed E-state index contributed by atoms with van der Waals surface area (Å²) >= 11 is 0. The van der Waals surface area contributed by atoms with E-state index in [-0.39, 0.29) is 5.04 Å². The molecule has 0 aromatic rings. The van der Waals surface area contributed by atoms with Gasteiger partial charge in [-0.3, -0.25) is 0 Å². The van der Waals surface area contributed by atoms with Gasteiger partial charge in [-0.05, 0) is 13.0 Å². The van der Waals surface area contributed by atoms with Crippen LogP contribution in [0.25, 0.3) is 0 Å². The van der Waals surface area contributed by atoms with E-state index in [9.17, 15) is 0 Å². The summed E-state index contributed by atoms with van der Waals surface area (Å²) in [6.07, 6.45) is 5.15. The van der Waals surface area contributed by atoms with E-state index in [2.05, 4.69) is 34.6 Å². The van der Waals surface area contributed by atoms with Gasteiger partial charge in [0.2, 0.25) is 0 Å². The molecule has 0 aliphatic rings. The summed E-state index contributed by atoms with van der Waals surface area (Å²) in [6.45, 7) is 11.8. The summed E-state index contributed by atoms with van der Waals surface area (Å²) in [5, 5.41) is 0.157. The quantitative estimate of drug-likeness (QED) is 0.464. The van der Waals surface area contributed by atoms with Crippen molar-refractivity contribution in [1.29, 1.82) is 0 Å². The molecule has 0 heterocycles. The molecule has 0 saturated heterocycles. The maximum atomic E-state index is 6.04. The highest BCUT2D eigenvalue weighted by Gasteiger charge is 2.47. The van der Waals surface area contributed by atoms with Gasteiger partial charge in [-0.1, -0.05) is 53.4 Å². The largest absolute Gasteiger partial charge is 0.397 e. The van der Waals surface area contributed by atoms with Crippen LogP contribution in [0.5, 0.6) is 0 Å². The molecule has 0 bridgehead atoms. The molecular formula is C13H30O2Si. The zero-order valence-electron chi connectivity index (χ0n) is 12.1. The second-order valence-electron chi connectivity index (χ2n) is 5.45. The minimum Gasteiger partial charge on any atom is -0.397 e. The van der Waals surface area contributed by atoms with Crippen LogP contribution in [-0.4, -0.2) is 22.3 Å². The summed E-state index contributed by atoms with van der Waals surface area (Å²) in [4.78, 5) is 0. The molecule has 1 unspecified atom stereocenters.